The van der Waals surface area contributed by atoms with E-state index in [0.717, 1.165) is 71.7 Å². The van der Waals surface area contributed by atoms with E-state index in [4.69, 9.17) is 7.16 Å². The summed E-state index contributed by atoms with van der Waals surface area (Å²) < 4.78 is 75.6. The minimum atomic E-state index is -0.431. The second kappa shape index (κ2) is 12.5. The monoisotopic (exact) mass is 733 g/mol. The first-order chi connectivity index (χ1) is 31.2. The number of benzene rings is 9. The fraction of sp³-hybridized carbons (Fsp3) is 0. The zero-order valence-corrected chi connectivity index (χ0v) is 30.4. The molecule has 0 bridgehead atoms. The molecule has 12 aromatic rings. The van der Waals surface area contributed by atoms with Gasteiger partial charge in [-0.15, -0.1) is 0 Å². The van der Waals surface area contributed by atoms with Crippen molar-refractivity contribution in [3.63, 3.8) is 0 Å². The number of para-hydroxylation sites is 3. The predicted octanol–water partition coefficient (Wildman–Crippen LogP) is 14.8. The van der Waals surface area contributed by atoms with Gasteiger partial charge in [-0.25, -0.2) is 0 Å². The summed E-state index contributed by atoms with van der Waals surface area (Å²) in [4.78, 5) is 0. The Morgan fingerprint density at radius 2 is 1.11 bits per heavy atom. The van der Waals surface area contributed by atoms with E-state index in [1.807, 2.05) is 115 Å². The van der Waals surface area contributed by atoms with Crippen molar-refractivity contribution in [2.24, 2.45) is 0 Å². The zero-order valence-electron chi connectivity index (χ0n) is 37.4. The van der Waals surface area contributed by atoms with Gasteiger partial charge in [0.15, 0.2) is 0 Å². The lowest BCUT2D eigenvalue weighted by Gasteiger charge is -2.14. The molecule has 0 spiro atoms. The van der Waals surface area contributed by atoms with Crippen LogP contribution in [0.4, 0.5) is 0 Å². The molecule has 0 unspecified atom stereocenters. The number of hydrogen-bond acceptors (Lipinski definition) is 1. The zero-order chi connectivity index (χ0) is 43.5. The standard InChI is InChI=1S/C54H34N2O/c1-3-14-35(15-4-1)40-18-7-10-22-47(40)56-48-23-11-8-19-42(48)44-32-37(26-29-49(44)56)38-27-30-50-46(33-38)54-41(36-16-5-2-6-17-36)21-13-24-51(54)55(50)39-28-31-53-45(34-39)43-20-9-12-25-52(43)57-53/h1-34H/i8D,11D,19D,23D,26D,29D,32D. The molecule has 3 heterocycles. The highest BCUT2D eigenvalue weighted by atomic mass is 16.3. The van der Waals surface area contributed by atoms with Gasteiger partial charge in [-0.1, -0.05) is 139 Å². The maximum Gasteiger partial charge on any atom is 0.135 e. The third-order valence-corrected chi connectivity index (χ3v) is 11.2. The summed E-state index contributed by atoms with van der Waals surface area (Å²) in [6, 6.07) is 51.9. The molecule has 0 saturated carbocycles. The van der Waals surface area contributed by atoms with E-state index >= 15 is 0 Å². The van der Waals surface area contributed by atoms with Gasteiger partial charge in [0.2, 0.25) is 0 Å². The summed E-state index contributed by atoms with van der Waals surface area (Å²) >= 11 is 0. The van der Waals surface area contributed by atoms with Crippen LogP contribution < -0.4 is 0 Å². The van der Waals surface area contributed by atoms with E-state index in [-0.39, 0.29) is 57.6 Å². The second-order valence-corrected chi connectivity index (χ2v) is 14.3. The van der Waals surface area contributed by atoms with E-state index in [1.165, 1.54) is 0 Å². The number of fused-ring (bicyclic) bond motifs is 9. The number of aromatic nitrogens is 2. The molecule has 57 heavy (non-hydrogen) atoms. The Labute approximate surface area is 338 Å². The largest absolute Gasteiger partial charge is 0.456 e. The van der Waals surface area contributed by atoms with E-state index in [0.29, 0.717) is 11.3 Å². The number of furan rings is 1. The molecule has 3 aromatic heterocycles. The van der Waals surface area contributed by atoms with E-state index in [1.54, 1.807) is 4.57 Å². The normalized spacial score (nSPS) is 13.6. The third kappa shape index (κ3) is 4.86. The Morgan fingerprint density at radius 3 is 1.98 bits per heavy atom. The number of hydrogen-bond donors (Lipinski definition) is 0. The first kappa shape index (κ1) is 25.5. The van der Waals surface area contributed by atoms with Gasteiger partial charge in [0, 0.05) is 43.6 Å². The molecule has 0 fully saturated rings. The van der Waals surface area contributed by atoms with Crippen LogP contribution in [0.2, 0.25) is 0 Å². The molecule has 12 rings (SSSR count). The molecule has 9 aromatic carbocycles. The SMILES string of the molecule is [2H]c1c([2H])c([2H])c2c(c1[2H])c1c([2H])c(-c3ccc4c(c3)c3c(-c5ccccc5)cccc3n4-c3ccc4oc5ccccc5c4c3)c([2H])c([2H])c1n2-c1ccccc1-c1ccccc1. The lowest BCUT2D eigenvalue weighted by molar-refractivity contribution is 0.669. The minimum Gasteiger partial charge on any atom is -0.456 e. The second-order valence-electron chi connectivity index (χ2n) is 14.3. The highest BCUT2D eigenvalue weighted by molar-refractivity contribution is 6.17. The Morgan fingerprint density at radius 1 is 0.386 bits per heavy atom. The molecule has 0 saturated heterocycles. The molecule has 0 N–H and O–H groups in total. The third-order valence-electron chi connectivity index (χ3n) is 11.2. The summed E-state index contributed by atoms with van der Waals surface area (Å²) in [6.07, 6.45) is 0. The smallest absolute Gasteiger partial charge is 0.135 e. The maximum absolute atomic E-state index is 10.0. The van der Waals surface area contributed by atoms with Crippen LogP contribution in [0.15, 0.2) is 211 Å². The van der Waals surface area contributed by atoms with Gasteiger partial charge in [-0.2, -0.15) is 0 Å². The molecular weight excluding hydrogens is 693 g/mol. The van der Waals surface area contributed by atoms with Crippen LogP contribution in [0.1, 0.15) is 9.60 Å². The van der Waals surface area contributed by atoms with Crippen LogP contribution in [0, 0.1) is 0 Å². The van der Waals surface area contributed by atoms with E-state index < -0.39 is 12.1 Å². The van der Waals surface area contributed by atoms with E-state index in [9.17, 15) is 6.85 Å². The average Bonchev–Trinajstić information content (AvgIpc) is 4.01. The highest BCUT2D eigenvalue weighted by Gasteiger charge is 2.20. The molecule has 266 valence electrons. The molecule has 0 aliphatic heterocycles. The van der Waals surface area contributed by atoms with Gasteiger partial charge in [-0.3, -0.25) is 0 Å². The Hall–Kier alpha value is -7.62. The van der Waals surface area contributed by atoms with Crippen LogP contribution in [0.25, 0.3) is 110 Å². The number of nitrogens with zero attached hydrogens (tertiary/aromatic N) is 2. The van der Waals surface area contributed by atoms with Crippen LogP contribution >= 0.6 is 0 Å². The topological polar surface area (TPSA) is 23.0 Å². The summed E-state index contributed by atoms with van der Waals surface area (Å²) in [6.45, 7) is 0. The van der Waals surface area contributed by atoms with Crippen molar-refractivity contribution in [3.05, 3.63) is 206 Å². The van der Waals surface area contributed by atoms with Crippen molar-refractivity contribution in [1.29, 1.82) is 0 Å². The molecule has 0 aliphatic rings. The Bertz CT molecular complexity index is 3930. The molecule has 0 atom stereocenters. The highest BCUT2D eigenvalue weighted by Crippen LogP contribution is 2.43. The summed E-state index contributed by atoms with van der Waals surface area (Å²) in [7, 11) is 0. The maximum atomic E-state index is 10.0. The first-order valence-electron chi connectivity index (χ1n) is 22.4. The molecule has 0 amide bonds. The van der Waals surface area contributed by atoms with Crippen molar-refractivity contribution in [3.8, 4) is 44.8 Å². The van der Waals surface area contributed by atoms with Crippen LogP contribution in [-0.4, -0.2) is 9.13 Å². The number of rotatable bonds is 5. The van der Waals surface area contributed by atoms with Gasteiger partial charge in [0.05, 0.1) is 37.3 Å². The summed E-state index contributed by atoms with van der Waals surface area (Å²) in [5.74, 6) is 0. The van der Waals surface area contributed by atoms with Crippen LogP contribution in [0.5, 0.6) is 0 Å². The molecular formula is C54H34N2O. The van der Waals surface area contributed by atoms with Crippen molar-refractivity contribution >= 4 is 65.6 Å². The summed E-state index contributed by atoms with van der Waals surface area (Å²) in [5, 5.41) is 4.21. The molecule has 0 aliphatic carbocycles. The Balaban J connectivity index is 1.17. The lowest BCUT2D eigenvalue weighted by Crippen LogP contribution is -1.97. The van der Waals surface area contributed by atoms with Gasteiger partial charge >= 0.3 is 0 Å². The van der Waals surface area contributed by atoms with Crippen molar-refractivity contribution in [2.75, 3.05) is 0 Å². The summed E-state index contributed by atoms with van der Waals surface area (Å²) in [5.41, 5.74) is 9.74. The molecule has 3 nitrogen and oxygen atoms in total. The van der Waals surface area contributed by atoms with Gasteiger partial charge < -0.3 is 13.6 Å². The predicted molar refractivity (Wildman–Crippen MR) is 239 cm³/mol. The fourth-order valence-electron chi connectivity index (χ4n) is 8.65. The quantitative estimate of drug-likeness (QED) is 0.173. The molecule has 3 heteroatoms. The minimum absolute atomic E-state index is 0.0920. The lowest BCUT2D eigenvalue weighted by atomic mass is 9.97. The fourth-order valence-corrected chi connectivity index (χ4v) is 8.65. The van der Waals surface area contributed by atoms with Crippen molar-refractivity contribution < 1.29 is 14.0 Å². The van der Waals surface area contributed by atoms with Gasteiger partial charge in [0.25, 0.3) is 0 Å². The van der Waals surface area contributed by atoms with Crippen LogP contribution in [-0.2, 0) is 0 Å². The van der Waals surface area contributed by atoms with E-state index in [2.05, 4.69) is 53.1 Å². The molecule has 0 radical (unpaired) electrons. The van der Waals surface area contributed by atoms with Crippen LogP contribution in [0.3, 0.4) is 0 Å². The Kier molecular flexibility index (Phi) is 5.56. The van der Waals surface area contributed by atoms with Crippen molar-refractivity contribution in [2.45, 2.75) is 0 Å². The van der Waals surface area contributed by atoms with Crippen molar-refractivity contribution in [1.82, 2.24) is 9.13 Å². The van der Waals surface area contributed by atoms with Gasteiger partial charge in [0.1, 0.15) is 11.2 Å². The average molecular weight is 734 g/mol. The van der Waals surface area contributed by atoms with Gasteiger partial charge in [-0.05, 0) is 94.5 Å². The first-order valence-corrected chi connectivity index (χ1v) is 18.9.